The topological polar surface area (TPSA) is 94.1 Å². The molecule has 1 aromatic rings. The fraction of sp³-hybridized carbons (Fsp3) is 0.538. The van der Waals surface area contributed by atoms with E-state index in [1.165, 1.54) is 6.07 Å². The molecule has 0 spiro atoms. The van der Waals surface area contributed by atoms with Crippen molar-refractivity contribution < 1.29 is 28.2 Å². The predicted octanol–water partition coefficient (Wildman–Crippen LogP) is 2.58. The van der Waals surface area contributed by atoms with Gasteiger partial charge in [-0.05, 0) is 24.8 Å². The van der Waals surface area contributed by atoms with Crippen LogP contribution in [0.1, 0.15) is 37.7 Å². The normalized spacial score (nSPS) is 22.4. The van der Waals surface area contributed by atoms with Crippen LogP contribution in [0.15, 0.2) is 41.4 Å². The van der Waals surface area contributed by atoms with E-state index in [-0.39, 0.29) is 47.5 Å². The molecule has 2 heterocycles. The highest BCUT2D eigenvalue weighted by molar-refractivity contribution is 5.98. The fourth-order valence-corrected chi connectivity index (χ4v) is 5.31. The van der Waals surface area contributed by atoms with Crippen LogP contribution in [0.4, 0.5) is 8.78 Å². The highest BCUT2D eigenvalue weighted by Gasteiger charge is 2.40. The van der Waals surface area contributed by atoms with Crippen molar-refractivity contribution in [3.63, 3.8) is 0 Å². The van der Waals surface area contributed by atoms with Gasteiger partial charge in [-0.1, -0.05) is 18.9 Å². The lowest BCUT2D eigenvalue weighted by molar-refractivity contribution is -0.136. The third kappa shape index (κ3) is 5.87. The average molecular weight is 505 g/mol. The van der Waals surface area contributed by atoms with Gasteiger partial charge in [0.15, 0.2) is 0 Å². The molecule has 8 nitrogen and oxygen atoms in total. The van der Waals surface area contributed by atoms with Gasteiger partial charge >= 0.3 is 0 Å². The molecular weight excluding hydrogens is 470 g/mol. The molecule has 2 amide bonds. The van der Waals surface area contributed by atoms with Crippen molar-refractivity contribution in [1.82, 2.24) is 20.4 Å². The van der Waals surface area contributed by atoms with Gasteiger partial charge in [-0.2, -0.15) is 0 Å². The summed E-state index contributed by atoms with van der Waals surface area (Å²) in [6, 6.07) is 3.27. The van der Waals surface area contributed by atoms with E-state index in [0.29, 0.717) is 25.6 Å². The summed E-state index contributed by atoms with van der Waals surface area (Å²) in [5.41, 5.74) is 0.654. The molecule has 36 heavy (non-hydrogen) atoms. The Morgan fingerprint density at radius 2 is 2.03 bits per heavy atom. The molecule has 2 fully saturated rings. The smallest absolute Gasteiger partial charge is 0.274 e. The molecule has 0 aromatic heterocycles. The zero-order valence-electron chi connectivity index (χ0n) is 20.6. The number of methoxy groups -OCH3 is 1. The number of halogens is 2. The lowest BCUT2D eigenvalue weighted by Gasteiger charge is -2.45. The number of allylic oxidation sites excluding steroid dienone is 1. The summed E-state index contributed by atoms with van der Waals surface area (Å²) in [4.78, 5) is 29.7. The lowest BCUT2D eigenvalue weighted by atomic mass is 9.82. The summed E-state index contributed by atoms with van der Waals surface area (Å²) in [6.45, 7) is 3.06. The van der Waals surface area contributed by atoms with Crippen molar-refractivity contribution in [3.8, 4) is 0 Å². The second-order valence-electron chi connectivity index (χ2n) is 9.55. The van der Waals surface area contributed by atoms with E-state index < -0.39 is 17.5 Å². The molecule has 2 atom stereocenters. The van der Waals surface area contributed by atoms with Gasteiger partial charge in [0.25, 0.3) is 5.91 Å². The van der Waals surface area contributed by atoms with Gasteiger partial charge in [0.1, 0.15) is 23.1 Å². The first-order valence-electron chi connectivity index (χ1n) is 12.5. The molecule has 196 valence electrons. The Morgan fingerprint density at radius 3 is 2.81 bits per heavy atom. The molecule has 0 radical (unpaired) electrons. The molecule has 1 saturated carbocycles. The number of amides is 2. The molecule has 2 aliphatic heterocycles. The number of benzene rings is 1. The Balaban J connectivity index is 1.39. The number of hydrogen-bond acceptors (Lipinski definition) is 6. The maximum atomic E-state index is 13.9. The molecule has 3 aliphatic rings. The van der Waals surface area contributed by atoms with Crippen molar-refractivity contribution in [1.29, 1.82) is 0 Å². The van der Waals surface area contributed by atoms with Gasteiger partial charge < -0.3 is 30.3 Å². The Kier molecular flexibility index (Phi) is 8.58. The summed E-state index contributed by atoms with van der Waals surface area (Å²) >= 11 is 0. The van der Waals surface area contributed by atoms with Crippen molar-refractivity contribution >= 4 is 11.8 Å². The molecule has 1 saturated heterocycles. The minimum Gasteiger partial charge on any atom is -0.510 e. The highest BCUT2D eigenvalue weighted by Crippen LogP contribution is 2.34. The predicted molar refractivity (Wildman–Crippen MR) is 129 cm³/mol. The molecule has 0 bridgehead atoms. The van der Waals surface area contributed by atoms with Gasteiger partial charge in [-0.15, -0.1) is 0 Å². The molecule has 3 N–H and O–H groups in total. The SMILES string of the molecule is COCCNC[C@@H]1CCCC[C@@H]1N1CCN2C=C(C(=O)NCc3ccc(F)cc3F)CC(O)=C2C1=O. The molecular formula is C26H34F2N4O4. The number of nitrogens with one attached hydrogen (secondary N) is 2. The van der Waals surface area contributed by atoms with Crippen LogP contribution >= 0.6 is 0 Å². The summed E-state index contributed by atoms with van der Waals surface area (Å²) in [7, 11) is 1.67. The third-order valence-corrected chi connectivity index (χ3v) is 7.18. The largest absolute Gasteiger partial charge is 0.510 e. The van der Waals surface area contributed by atoms with Crippen LogP contribution in [0, 0.1) is 17.6 Å². The van der Waals surface area contributed by atoms with Crippen LogP contribution in [-0.2, 0) is 20.9 Å². The third-order valence-electron chi connectivity index (χ3n) is 7.18. The summed E-state index contributed by atoms with van der Waals surface area (Å²) in [5, 5.41) is 16.8. The van der Waals surface area contributed by atoms with E-state index in [0.717, 1.165) is 50.9 Å². The van der Waals surface area contributed by atoms with E-state index in [1.807, 2.05) is 4.90 Å². The first-order chi connectivity index (χ1) is 17.4. The number of nitrogens with zero attached hydrogens (tertiary/aromatic N) is 2. The van der Waals surface area contributed by atoms with E-state index in [1.54, 1.807) is 18.2 Å². The van der Waals surface area contributed by atoms with Crippen LogP contribution in [0.25, 0.3) is 0 Å². The molecule has 1 aliphatic carbocycles. The van der Waals surface area contributed by atoms with Crippen molar-refractivity contribution in [2.75, 3.05) is 39.9 Å². The minimum atomic E-state index is -0.741. The Morgan fingerprint density at radius 1 is 1.22 bits per heavy atom. The molecule has 0 unspecified atom stereocenters. The number of carbonyl (C=O) groups is 2. The van der Waals surface area contributed by atoms with Gasteiger partial charge in [-0.3, -0.25) is 9.59 Å². The fourth-order valence-electron chi connectivity index (χ4n) is 5.31. The quantitative estimate of drug-likeness (QED) is 0.448. The monoisotopic (exact) mass is 504 g/mol. The summed E-state index contributed by atoms with van der Waals surface area (Å²) < 4.78 is 32.1. The molecule has 1 aromatic carbocycles. The van der Waals surface area contributed by atoms with E-state index >= 15 is 0 Å². The summed E-state index contributed by atoms with van der Waals surface area (Å²) in [5.74, 6) is -1.93. The second-order valence-corrected chi connectivity index (χ2v) is 9.55. The first kappa shape index (κ1) is 26.1. The Hall–Kier alpha value is -2.98. The van der Waals surface area contributed by atoms with Gasteiger partial charge in [0.05, 0.1) is 6.61 Å². The molecule has 4 rings (SSSR count). The van der Waals surface area contributed by atoms with Crippen molar-refractivity contribution in [2.45, 2.75) is 44.7 Å². The number of aliphatic hydroxyl groups is 1. The van der Waals surface area contributed by atoms with E-state index in [9.17, 15) is 23.5 Å². The van der Waals surface area contributed by atoms with Gasteiger partial charge in [0.2, 0.25) is 5.91 Å². The first-order valence-corrected chi connectivity index (χ1v) is 12.5. The zero-order chi connectivity index (χ0) is 25.7. The van der Waals surface area contributed by atoms with Crippen LogP contribution in [-0.4, -0.2) is 72.7 Å². The average Bonchev–Trinajstić information content (AvgIpc) is 2.86. The number of rotatable bonds is 9. The van der Waals surface area contributed by atoms with Gasteiger partial charge in [0, 0.05) is 75.7 Å². The van der Waals surface area contributed by atoms with Crippen LogP contribution in [0.2, 0.25) is 0 Å². The number of aliphatic hydroxyl groups excluding tert-OH is 1. The van der Waals surface area contributed by atoms with E-state index in [4.69, 9.17) is 4.74 Å². The van der Waals surface area contributed by atoms with Crippen molar-refractivity contribution in [3.05, 3.63) is 58.6 Å². The van der Waals surface area contributed by atoms with E-state index in [2.05, 4.69) is 10.6 Å². The van der Waals surface area contributed by atoms with Crippen LogP contribution < -0.4 is 10.6 Å². The maximum Gasteiger partial charge on any atom is 0.274 e. The van der Waals surface area contributed by atoms with Crippen LogP contribution in [0.3, 0.4) is 0 Å². The van der Waals surface area contributed by atoms with Gasteiger partial charge in [-0.25, -0.2) is 8.78 Å². The van der Waals surface area contributed by atoms with Crippen molar-refractivity contribution in [2.24, 2.45) is 5.92 Å². The number of hydrogen-bond donors (Lipinski definition) is 3. The lowest BCUT2D eigenvalue weighted by Crippen LogP contribution is -2.56. The highest BCUT2D eigenvalue weighted by atomic mass is 19.1. The second kappa shape index (κ2) is 11.8. The molecule has 10 heteroatoms. The minimum absolute atomic E-state index is 0.0875. The number of ether oxygens (including phenoxy) is 1. The number of carbonyl (C=O) groups excluding carboxylic acids is 2. The maximum absolute atomic E-state index is 13.9. The Bertz CT molecular complexity index is 1040. The number of fused-ring (bicyclic) bond motifs is 1. The zero-order valence-corrected chi connectivity index (χ0v) is 20.6. The Labute approximate surface area is 210 Å². The standard InChI is InChI=1S/C26H34F2N4O4/c1-36-11-8-29-14-18-4-2-3-5-22(18)32-10-9-31-16-19(12-23(33)24(31)26(32)35)25(34)30-15-17-6-7-20(27)13-21(17)28/h6-7,13,16,18,22,29,33H,2-5,8-12,14-15H2,1H3,(H,30,34)/t18-,22-/m0/s1. The van der Waals surface area contributed by atoms with Crippen LogP contribution in [0.5, 0.6) is 0 Å². The summed E-state index contributed by atoms with van der Waals surface area (Å²) in [6.07, 6.45) is 5.68. The number of piperazine rings is 1.